The smallest absolute Gasteiger partial charge is 0.319 e. The first-order valence-corrected chi connectivity index (χ1v) is 15.6. The van der Waals surface area contributed by atoms with Crippen LogP contribution in [0.4, 0.5) is 21.0 Å². The summed E-state index contributed by atoms with van der Waals surface area (Å²) in [7, 11) is 0. The van der Waals surface area contributed by atoms with Crippen LogP contribution in [-0.4, -0.2) is 38.4 Å². The lowest BCUT2D eigenvalue weighted by molar-refractivity contribution is 0.246. The molecule has 8 heteroatoms. The molecule has 0 aliphatic carbocycles. The molecule has 0 fully saturated rings. The molecule has 0 radical (unpaired) electrons. The van der Waals surface area contributed by atoms with Crippen LogP contribution < -0.4 is 30.7 Å². The van der Waals surface area contributed by atoms with Gasteiger partial charge in [0, 0.05) is 22.5 Å². The minimum absolute atomic E-state index is 0.0942. The fourth-order valence-corrected chi connectivity index (χ4v) is 4.71. The fraction of sp³-hybridized carbons (Fsp3) is 0.316. The molecule has 8 nitrogen and oxygen atoms in total. The number of benzene rings is 4. The van der Waals surface area contributed by atoms with Gasteiger partial charge in [-0.2, -0.15) is 0 Å². The molecule has 242 valence electrons. The summed E-state index contributed by atoms with van der Waals surface area (Å²) >= 11 is 0. The van der Waals surface area contributed by atoms with Crippen molar-refractivity contribution in [3.8, 4) is 22.6 Å². The second kappa shape index (κ2) is 15.3. The highest BCUT2D eigenvalue weighted by Crippen LogP contribution is 2.41. The Hall–Kier alpha value is -4.98. The van der Waals surface area contributed by atoms with Crippen molar-refractivity contribution >= 4 is 23.4 Å². The van der Waals surface area contributed by atoms with E-state index in [1.807, 2.05) is 72.8 Å². The van der Waals surface area contributed by atoms with Crippen LogP contribution in [0, 0.1) is 0 Å². The Morgan fingerprint density at radius 3 is 1.26 bits per heavy atom. The summed E-state index contributed by atoms with van der Waals surface area (Å²) in [6, 6.07) is 30.5. The molecule has 0 spiro atoms. The van der Waals surface area contributed by atoms with E-state index in [-0.39, 0.29) is 36.1 Å². The molecule has 0 aliphatic heterocycles. The monoisotopic (exact) mass is 622 g/mol. The van der Waals surface area contributed by atoms with E-state index in [1.54, 1.807) is 0 Å². The van der Waals surface area contributed by atoms with Crippen LogP contribution in [0.3, 0.4) is 0 Å². The average Bonchev–Trinajstić information content (AvgIpc) is 3.01. The van der Waals surface area contributed by atoms with Crippen molar-refractivity contribution in [2.24, 2.45) is 0 Å². The number of amides is 4. The van der Waals surface area contributed by atoms with Crippen molar-refractivity contribution in [2.45, 2.75) is 52.4 Å². The number of hydrogen-bond acceptors (Lipinski definition) is 4. The van der Waals surface area contributed by atoms with E-state index in [4.69, 9.17) is 9.47 Å². The molecular weight excluding hydrogens is 576 g/mol. The van der Waals surface area contributed by atoms with Gasteiger partial charge in [0.15, 0.2) is 0 Å². The summed E-state index contributed by atoms with van der Waals surface area (Å²) in [5.74, 6) is 1.38. The molecule has 46 heavy (non-hydrogen) atoms. The first-order valence-electron chi connectivity index (χ1n) is 15.6. The van der Waals surface area contributed by atoms with Gasteiger partial charge in [-0.15, -0.1) is 0 Å². The van der Waals surface area contributed by atoms with Crippen molar-refractivity contribution in [3.63, 3.8) is 0 Å². The maximum Gasteiger partial charge on any atom is 0.319 e. The molecule has 0 atom stereocenters. The predicted molar refractivity (Wildman–Crippen MR) is 187 cm³/mol. The Labute approximate surface area is 272 Å². The number of rotatable bonds is 11. The molecule has 4 aromatic carbocycles. The number of carbonyl (C=O) groups is 2. The number of nitrogens with one attached hydrogen (secondary N) is 4. The zero-order chi connectivity index (χ0) is 33.2. The number of carbonyl (C=O) groups excluding carboxylic acids is 2. The molecule has 4 rings (SSSR count). The maximum atomic E-state index is 12.4. The molecule has 0 saturated carbocycles. The third-order valence-electron chi connectivity index (χ3n) is 7.34. The van der Waals surface area contributed by atoms with Gasteiger partial charge in [-0.1, -0.05) is 90.1 Å². The van der Waals surface area contributed by atoms with E-state index < -0.39 is 0 Å². The lowest BCUT2D eigenvalue weighted by Gasteiger charge is -2.25. The van der Waals surface area contributed by atoms with Crippen LogP contribution in [0.5, 0.6) is 11.5 Å². The topological polar surface area (TPSA) is 101 Å². The van der Waals surface area contributed by atoms with Crippen LogP contribution in [0.15, 0.2) is 97.1 Å². The number of urea groups is 2. The first-order chi connectivity index (χ1) is 21.9. The number of hydrogen-bond donors (Lipinski definition) is 4. The summed E-state index contributed by atoms with van der Waals surface area (Å²) in [6.07, 6.45) is 0. The quantitative estimate of drug-likeness (QED) is 0.126. The normalized spacial score (nSPS) is 11.3. The van der Waals surface area contributed by atoms with Gasteiger partial charge in [-0.3, -0.25) is 0 Å². The van der Waals surface area contributed by atoms with Gasteiger partial charge < -0.3 is 30.7 Å². The summed E-state index contributed by atoms with van der Waals surface area (Å²) in [5, 5.41) is 11.4. The lowest BCUT2D eigenvalue weighted by atomic mass is 9.83. The van der Waals surface area contributed by atoms with E-state index in [9.17, 15) is 9.59 Å². The fourth-order valence-electron chi connectivity index (χ4n) is 4.71. The van der Waals surface area contributed by atoms with Gasteiger partial charge in [0.2, 0.25) is 0 Å². The van der Waals surface area contributed by atoms with E-state index in [0.29, 0.717) is 24.6 Å². The van der Waals surface area contributed by atoms with E-state index in [1.165, 1.54) is 0 Å². The Morgan fingerprint density at radius 1 is 0.543 bits per heavy atom. The predicted octanol–water partition coefficient (Wildman–Crippen LogP) is 8.35. The Morgan fingerprint density at radius 2 is 0.913 bits per heavy atom. The molecule has 4 amide bonds. The first kappa shape index (κ1) is 33.9. The average molecular weight is 623 g/mol. The van der Waals surface area contributed by atoms with E-state index in [0.717, 1.165) is 33.6 Å². The zero-order valence-electron chi connectivity index (χ0n) is 27.7. The van der Waals surface area contributed by atoms with Gasteiger partial charge >= 0.3 is 12.1 Å². The minimum Gasteiger partial charge on any atom is -0.491 e. The van der Waals surface area contributed by atoms with E-state index in [2.05, 4.69) is 87.1 Å². The zero-order valence-corrected chi connectivity index (χ0v) is 27.7. The molecule has 0 aliphatic rings. The van der Waals surface area contributed by atoms with Gasteiger partial charge in [-0.25, -0.2) is 9.59 Å². The van der Waals surface area contributed by atoms with Crippen molar-refractivity contribution in [2.75, 3.05) is 36.9 Å². The SMILES string of the molecule is CC(C)(C)c1ccc(OCCNC(=O)Nc2ccccc2)c(-c2cc(C(C)(C)C)ccc2OCCNC(=O)Nc2ccccc2)c1. The number of ether oxygens (including phenoxy) is 2. The summed E-state index contributed by atoms with van der Waals surface area (Å²) in [4.78, 5) is 24.8. The highest BCUT2D eigenvalue weighted by Gasteiger charge is 2.22. The third-order valence-corrected chi connectivity index (χ3v) is 7.34. The Kier molecular flexibility index (Phi) is 11.3. The van der Waals surface area contributed by atoms with Crippen LogP contribution in [0.2, 0.25) is 0 Å². The third kappa shape index (κ3) is 10.0. The standard InChI is InChI=1S/C38H46N4O4/c1-37(2,3)27-17-19-33(45-23-21-39-35(43)41-29-13-9-7-10-14-29)31(25-27)32-26-28(38(4,5)6)18-20-34(32)46-24-22-40-36(44)42-30-15-11-8-12-16-30/h7-20,25-26H,21-24H2,1-6H3,(H2,39,41,43)(H2,40,42,44). The van der Waals surface area contributed by atoms with Crippen LogP contribution in [0.25, 0.3) is 11.1 Å². The highest BCUT2D eigenvalue weighted by atomic mass is 16.5. The summed E-state index contributed by atoms with van der Waals surface area (Å²) < 4.78 is 12.6. The summed E-state index contributed by atoms with van der Waals surface area (Å²) in [6.45, 7) is 14.3. The second-order valence-electron chi connectivity index (χ2n) is 13.1. The Balaban J connectivity index is 1.51. The summed E-state index contributed by atoms with van der Waals surface area (Å²) in [5.41, 5.74) is 5.36. The minimum atomic E-state index is -0.294. The van der Waals surface area contributed by atoms with Gasteiger partial charge in [0.25, 0.3) is 0 Å². The van der Waals surface area contributed by atoms with Crippen molar-refractivity contribution < 1.29 is 19.1 Å². The van der Waals surface area contributed by atoms with Gasteiger partial charge in [0.05, 0.1) is 13.1 Å². The van der Waals surface area contributed by atoms with Crippen LogP contribution in [-0.2, 0) is 10.8 Å². The largest absolute Gasteiger partial charge is 0.491 e. The molecule has 4 aromatic rings. The second-order valence-corrected chi connectivity index (χ2v) is 13.1. The molecule has 0 heterocycles. The molecule has 0 saturated heterocycles. The van der Waals surface area contributed by atoms with Crippen LogP contribution in [0.1, 0.15) is 52.7 Å². The molecular formula is C38H46N4O4. The van der Waals surface area contributed by atoms with Crippen LogP contribution >= 0.6 is 0 Å². The van der Waals surface area contributed by atoms with Crippen molar-refractivity contribution in [1.29, 1.82) is 0 Å². The van der Waals surface area contributed by atoms with Crippen molar-refractivity contribution in [1.82, 2.24) is 10.6 Å². The number of anilines is 2. The molecule has 0 unspecified atom stereocenters. The molecule has 0 aromatic heterocycles. The van der Waals surface area contributed by atoms with E-state index >= 15 is 0 Å². The van der Waals surface area contributed by atoms with Gasteiger partial charge in [0.1, 0.15) is 24.7 Å². The lowest BCUT2D eigenvalue weighted by Crippen LogP contribution is -2.32. The molecule has 4 N–H and O–H groups in total. The highest BCUT2D eigenvalue weighted by molar-refractivity contribution is 5.89. The maximum absolute atomic E-state index is 12.4. The van der Waals surface area contributed by atoms with Crippen molar-refractivity contribution in [3.05, 3.63) is 108 Å². The number of para-hydroxylation sites is 2. The molecule has 0 bridgehead atoms. The Bertz CT molecular complexity index is 1470. The van der Waals surface area contributed by atoms with Gasteiger partial charge in [-0.05, 0) is 70.5 Å².